The molecule has 0 saturated heterocycles. The van der Waals surface area contributed by atoms with E-state index in [0.717, 1.165) is 21.9 Å². The van der Waals surface area contributed by atoms with Crippen molar-refractivity contribution in [3.63, 3.8) is 0 Å². The summed E-state index contributed by atoms with van der Waals surface area (Å²) in [7, 11) is 3.56. The average molecular weight is 313 g/mol. The van der Waals surface area contributed by atoms with E-state index in [9.17, 15) is 0 Å². The zero-order chi connectivity index (χ0) is 12.3. The number of nitrogens with one attached hydrogen (secondary N) is 1. The molecule has 0 fully saturated rings. The van der Waals surface area contributed by atoms with E-state index >= 15 is 0 Å². The second-order valence-corrected chi connectivity index (χ2v) is 5.35. The van der Waals surface area contributed by atoms with Gasteiger partial charge in [0.2, 0.25) is 0 Å². The van der Waals surface area contributed by atoms with Gasteiger partial charge in [-0.3, -0.25) is 0 Å². The van der Waals surface area contributed by atoms with Gasteiger partial charge in [0.1, 0.15) is 10.4 Å². The zero-order valence-corrected chi connectivity index (χ0v) is 12.1. The van der Waals surface area contributed by atoms with E-state index in [2.05, 4.69) is 32.3 Å². The predicted octanol–water partition coefficient (Wildman–Crippen LogP) is 3.55. The van der Waals surface area contributed by atoms with Crippen LogP contribution in [-0.2, 0) is 6.42 Å². The summed E-state index contributed by atoms with van der Waals surface area (Å²) >= 11 is 5.14. The topological polar surface area (TPSA) is 34.2 Å². The number of halogens is 1. The smallest absolute Gasteiger partial charge is 0.183 e. The van der Waals surface area contributed by atoms with Gasteiger partial charge < -0.3 is 10.1 Å². The van der Waals surface area contributed by atoms with Crippen molar-refractivity contribution in [1.29, 1.82) is 0 Å². The van der Waals surface area contributed by atoms with Crippen molar-refractivity contribution in [2.75, 3.05) is 19.5 Å². The van der Waals surface area contributed by atoms with Gasteiger partial charge in [0, 0.05) is 18.3 Å². The van der Waals surface area contributed by atoms with Gasteiger partial charge in [0.15, 0.2) is 5.13 Å². The van der Waals surface area contributed by atoms with Crippen LogP contribution in [0, 0.1) is 0 Å². The monoisotopic (exact) mass is 312 g/mol. The number of methoxy groups -OCH3 is 1. The standard InChI is InChI=1S/C12H13BrN2OS/c1-14-12-15-11(13)10(17-12)7-8-4-3-5-9(6-8)16-2/h3-6H,7H2,1-2H3,(H,14,15). The number of hydrogen-bond acceptors (Lipinski definition) is 4. The largest absolute Gasteiger partial charge is 0.497 e. The maximum Gasteiger partial charge on any atom is 0.183 e. The van der Waals surface area contributed by atoms with Crippen LogP contribution in [0.1, 0.15) is 10.4 Å². The van der Waals surface area contributed by atoms with Crippen molar-refractivity contribution >= 4 is 32.4 Å². The van der Waals surface area contributed by atoms with Gasteiger partial charge in [-0.1, -0.05) is 12.1 Å². The molecule has 0 amide bonds. The number of ether oxygens (including phenoxy) is 1. The first-order valence-electron chi connectivity index (χ1n) is 5.19. The highest BCUT2D eigenvalue weighted by molar-refractivity contribution is 9.10. The Kier molecular flexibility index (Phi) is 4.02. The lowest BCUT2D eigenvalue weighted by molar-refractivity contribution is 0.414. The summed E-state index contributed by atoms with van der Waals surface area (Å²) in [6.45, 7) is 0. The van der Waals surface area contributed by atoms with Gasteiger partial charge in [-0.25, -0.2) is 4.98 Å². The van der Waals surface area contributed by atoms with Gasteiger partial charge in [0.05, 0.1) is 7.11 Å². The van der Waals surface area contributed by atoms with E-state index in [0.29, 0.717) is 0 Å². The number of hydrogen-bond donors (Lipinski definition) is 1. The van der Waals surface area contributed by atoms with Gasteiger partial charge in [-0.05, 0) is 33.6 Å². The van der Waals surface area contributed by atoms with Crippen LogP contribution in [-0.4, -0.2) is 19.1 Å². The van der Waals surface area contributed by atoms with Gasteiger partial charge in [-0.15, -0.1) is 11.3 Å². The van der Waals surface area contributed by atoms with Crippen LogP contribution < -0.4 is 10.1 Å². The summed E-state index contributed by atoms with van der Waals surface area (Å²) in [5.41, 5.74) is 1.22. The number of aromatic nitrogens is 1. The molecule has 0 saturated carbocycles. The quantitative estimate of drug-likeness (QED) is 0.937. The van der Waals surface area contributed by atoms with Crippen molar-refractivity contribution in [2.24, 2.45) is 0 Å². The van der Waals surface area contributed by atoms with E-state index in [1.54, 1.807) is 18.4 Å². The Labute approximate surface area is 113 Å². The van der Waals surface area contributed by atoms with E-state index in [4.69, 9.17) is 4.74 Å². The third kappa shape index (κ3) is 2.98. The Morgan fingerprint density at radius 2 is 2.29 bits per heavy atom. The number of rotatable bonds is 4. The Balaban J connectivity index is 2.21. The minimum atomic E-state index is 0.858. The van der Waals surface area contributed by atoms with E-state index in [1.165, 1.54) is 10.4 Å². The molecule has 17 heavy (non-hydrogen) atoms. The molecule has 0 spiro atoms. The highest BCUT2D eigenvalue weighted by atomic mass is 79.9. The molecular formula is C12H13BrN2OS. The maximum absolute atomic E-state index is 5.21. The molecular weight excluding hydrogens is 300 g/mol. The minimum Gasteiger partial charge on any atom is -0.497 e. The van der Waals surface area contributed by atoms with E-state index in [1.807, 2.05) is 25.2 Å². The summed E-state index contributed by atoms with van der Waals surface area (Å²) in [4.78, 5) is 5.57. The average Bonchev–Trinajstić information content (AvgIpc) is 2.70. The lowest BCUT2D eigenvalue weighted by atomic mass is 10.1. The van der Waals surface area contributed by atoms with Crippen LogP contribution >= 0.6 is 27.3 Å². The third-order valence-electron chi connectivity index (χ3n) is 2.36. The molecule has 0 aliphatic rings. The highest BCUT2D eigenvalue weighted by Gasteiger charge is 2.08. The molecule has 0 radical (unpaired) electrons. The fourth-order valence-electron chi connectivity index (χ4n) is 1.52. The number of thiazole rings is 1. The van der Waals surface area contributed by atoms with Crippen LogP contribution in [0.15, 0.2) is 28.9 Å². The summed E-state index contributed by atoms with van der Waals surface area (Å²) in [6.07, 6.45) is 0.858. The predicted molar refractivity (Wildman–Crippen MR) is 75.2 cm³/mol. The Morgan fingerprint density at radius 1 is 1.47 bits per heavy atom. The molecule has 3 nitrogen and oxygen atoms in total. The summed E-state index contributed by atoms with van der Waals surface area (Å²) in [5, 5.41) is 3.97. The van der Waals surface area contributed by atoms with E-state index < -0.39 is 0 Å². The summed E-state index contributed by atoms with van der Waals surface area (Å²) < 4.78 is 6.12. The molecule has 0 unspecified atom stereocenters. The van der Waals surface area contributed by atoms with Crippen LogP contribution in [0.25, 0.3) is 0 Å². The lowest BCUT2D eigenvalue weighted by Crippen LogP contribution is -1.88. The number of benzene rings is 1. The van der Waals surface area contributed by atoms with Gasteiger partial charge in [-0.2, -0.15) is 0 Å². The molecule has 90 valence electrons. The van der Waals surface area contributed by atoms with Crippen LogP contribution in [0.5, 0.6) is 5.75 Å². The minimum absolute atomic E-state index is 0.858. The Bertz CT molecular complexity index is 513. The SMILES string of the molecule is CNc1nc(Br)c(Cc2cccc(OC)c2)s1. The first-order chi connectivity index (χ1) is 8.22. The second kappa shape index (κ2) is 5.51. The molecule has 1 heterocycles. The molecule has 2 rings (SSSR count). The molecule has 0 aliphatic heterocycles. The maximum atomic E-state index is 5.21. The van der Waals surface area contributed by atoms with Crippen molar-refractivity contribution in [3.8, 4) is 5.75 Å². The first kappa shape index (κ1) is 12.4. The van der Waals surface area contributed by atoms with Crippen LogP contribution in [0.2, 0.25) is 0 Å². The molecule has 1 aromatic carbocycles. The first-order valence-corrected chi connectivity index (χ1v) is 6.79. The molecule has 0 aliphatic carbocycles. The highest BCUT2D eigenvalue weighted by Crippen LogP contribution is 2.29. The van der Waals surface area contributed by atoms with Crippen molar-refractivity contribution in [2.45, 2.75) is 6.42 Å². The number of anilines is 1. The third-order valence-corrected chi connectivity index (χ3v) is 4.35. The molecule has 0 atom stereocenters. The molecule has 0 bridgehead atoms. The number of nitrogens with zero attached hydrogens (tertiary/aromatic N) is 1. The summed E-state index contributed by atoms with van der Waals surface area (Å²) in [6, 6.07) is 8.09. The fraction of sp³-hybridized carbons (Fsp3) is 0.250. The zero-order valence-electron chi connectivity index (χ0n) is 9.66. The van der Waals surface area contributed by atoms with Gasteiger partial charge >= 0.3 is 0 Å². The molecule has 1 aromatic heterocycles. The second-order valence-electron chi connectivity index (χ2n) is 3.51. The van der Waals surface area contributed by atoms with Gasteiger partial charge in [0.25, 0.3) is 0 Å². The normalized spacial score (nSPS) is 10.3. The fourth-order valence-corrected chi connectivity index (χ4v) is 3.04. The van der Waals surface area contributed by atoms with Crippen LogP contribution in [0.3, 0.4) is 0 Å². The summed E-state index contributed by atoms with van der Waals surface area (Å²) in [5.74, 6) is 0.886. The Hall–Kier alpha value is -1.07. The molecule has 2 aromatic rings. The Morgan fingerprint density at radius 3 is 2.94 bits per heavy atom. The van der Waals surface area contributed by atoms with Crippen LogP contribution in [0.4, 0.5) is 5.13 Å². The lowest BCUT2D eigenvalue weighted by Gasteiger charge is -2.03. The van der Waals surface area contributed by atoms with Crippen molar-refractivity contribution < 1.29 is 4.74 Å². The van der Waals surface area contributed by atoms with Crippen molar-refractivity contribution in [3.05, 3.63) is 39.3 Å². The molecule has 1 N–H and O–H groups in total. The molecule has 5 heteroatoms. The van der Waals surface area contributed by atoms with Crippen molar-refractivity contribution in [1.82, 2.24) is 4.98 Å². The van der Waals surface area contributed by atoms with E-state index in [-0.39, 0.29) is 0 Å².